The van der Waals surface area contributed by atoms with E-state index in [4.69, 9.17) is 5.73 Å². The molecule has 3 heteroatoms. The number of aryl methyl sites for hydroxylation is 1. The van der Waals surface area contributed by atoms with Crippen LogP contribution < -0.4 is 5.73 Å². The van der Waals surface area contributed by atoms with Crippen molar-refractivity contribution in [2.45, 2.75) is 24.8 Å². The van der Waals surface area contributed by atoms with Gasteiger partial charge < -0.3 is 5.73 Å². The first-order valence-corrected chi connectivity index (χ1v) is 5.95. The molecule has 86 valence electrons. The summed E-state index contributed by atoms with van der Waals surface area (Å²) in [6.45, 7) is 0. The van der Waals surface area contributed by atoms with Gasteiger partial charge in [0.05, 0.1) is 0 Å². The first kappa shape index (κ1) is 10.4. The van der Waals surface area contributed by atoms with Crippen molar-refractivity contribution in [3.63, 3.8) is 0 Å². The van der Waals surface area contributed by atoms with Gasteiger partial charge in [0, 0.05) is 36.2 Å². The Balaban J connectivity index is 1.92. The van der Waals surface area contributed by atoms with E-state index in [0.29, 0.717) is 5.92 Å². The van der Waals surface area contributed by atoms with E-state index in [0.717, 1.165) is 18.4 Å². The first-order chi connectivity index (χ1) is 8.36. The summed E-state index contributed by atoms with van der Waals surface area (Å²) in [5.41, 5.74) is 10.0. The van der Waals surface area contributed by atoms with E-state index in [1.165, 1.54) is 11.3 Å². The molecule has 3 nitrogen and oxygen atoms in total. The van der Waals surface area contributed by atoms with Crippen molar-refractivity contribution in [3.05, 3.63) is 59.7 Å². The lowest BCUT2D eigenvalue weighted by Crippen LogP contribution is -2.18. The molecule has 1 aliphatic carbocycles. The molecule has 2 unspecified atom stereocenters. The Morgan fingerprint density at radius 2 is 2.00 bits per heavy atom. The number of hydrogen-bond donors (Lipinski definition) is 1. The van der Waals surface area contributed by atoms with Crippen molar-refractivity contribution in [2.24, 2.45) is 5.73 Å². The summed E-state index contributed by atoms with van der Waals surface area (Å²) in [4.78, 5) is 8.52. The van der Waals surface area contributed by atoms with Gasteiger partial charge in [0.25, 0.3) is 0 Å². The van der Waals surface area contributed by atoms with Crippen LogP contribution in [-0.2, 0) is 6.42 Å². The van der Waals surface area contributed by atoms with Gasteiger partial charge in [-0.25, -0.2) is 0 Å². The number of aromatic nitrogens is 2. The molecule has 3 rings (SSSR count). The lowest BCUT2D eigenvalue weighted by molar-refractivity contribution is 0.541. The fourth-order valence-corrected chi connectivity index (χ4v) is 2.61. The normalized spacial score (nSPS) is 19.9. The quantitative estimate of drug-likeness (QED) is 0.852. The number of nitrogens with zero attached hydrogens (tertiary/aromatic N) is 2. The molecule has 0 aliphatic heterocycles. The summed E-state index contributed by atoms with van der Waals surface area (Å²) in [6, 6.07) is 8.16. The average molecular weight is 225 g/mol. The molecule has 0 saturated carbocycles. The van der Waals surface area contributed by atoms with Gasteiger partial charge >= 0.3 is 0 Å². The molecule has 2 aromatic rings. The minimum absolute atomic E-state index is 0.0224. The van der Waals surface area contributed by atoms with Crippen LogP contribution in [0.15, 0.2) is 42.9 Å². The van der Waals surface area contributed by atoms with Gasteiger partial charge in [-0.2, -0.15) is 0 Å². The third-order valence-corrected chi connectivity index (χ3v) is 3.53. The highest BCUT2D eigenvalue weighted by molar-refractivity contribution is 5.32. The molecule has 0 aromatic carbocycles. The molecule has 2 aromatic heterocycles. The second-order valence-electron chi connectivity index (χ2n) is 4.50. The summed E-state index contributed by atoms with van der Waals surface area (Å²) in [5, 5.41) is 0. The van der Waals surface area contributed by atoms with Gasteiger partial charge in [-0.1, -0.05) is 6.07 Å². The standard InChI is InChI=1S/C14H15N3/c15-13(10-5-8-16-9-6-10)12-4-3-11-2-1-7-17-14(11)12/h1-2,5-9,12-13H,3-4,15H2. The van der Waals surface area contributed by atoms with Gasteiger partial charge in [-0.15, -0.1) is 0 Å². The largest absolute Gasteiger partial charge is 0.323 e. The van der Waals surface area contributed by atoms with Crippen LogP contribution >= 0.6 is 0 Å². The maximum absolute atomic E-state index is 6.35. The number of nitrogens with two attached hydrogens (primary N) is 1. The highest BCUT2D eigenvalue weighted by Crippen LogP contribution is 2.38. The van der Waals surface area contributed by atoms with Crippen molar-refractivity contribution in [2.75, 3.05) is 0 Å². The van der Waals surface area contributed by atoms with Gasteiger partial charge in [0.15, 0.2) is 0 Å². The molecule has 17 heavy (non-hydrogen) atoms. The summed E-state index contributed by atoms with van der Waals surface area (Å²) >= 11 is 0. The topological polar surface area (TPSA) is 51.8 Å². The summed E-state index contributed by atoms with van der Waals surface area (Å²) in [6.07, 6.45) is 7.63. The average Bonchev–Trinajstić information content (AvgIpc) is 2.83. The zero-order valence-electron chi connectivity index (χ0n) is 9.58. The Labute approximate surface area is 101 Å². The number of hydrogen-bond acceptors (Lipinski definition) is 3. The molecule has 0 fully saturated rings. The first-order valence-electron chi connectivity index (χ1n) is 5.95. The zero-order chi connectivity index (χ0) is 11.7. The Bertz CT molecular complexity index is 510. The Morgan fingerprint density at radius 3 is 2.82 bits per heavy atom. The maximum Gasteiger partial charge on any atom is 0.0485 e. The van der Waals surface area contributed by atoms with Crippen LogP contribution in [0.1, 0.15) is 35.2 Å². The summed E-state index contributed by atoms with van der Waals surface area (Å²) in [7, 11) is 0. The second-order valence-corrected chi connectivity index (χ2v) is 4.50. The van der Waals surface area contributed by atoms with Crippen molar-refractivity contribution >= 4 is 0 Å². The van der Waals surface area contributed by atoms with E-state index >= 15 is 0 Å². The molecule has 0 spiro atoms. The van der Waals surface area contributed by atoms with Crippen LogP contribution in [0.25, 0.3) is 0 Å². The second kappa shape index (κ2) is 4.26. The van der Waals surface area contributed by atoms with E-state index < -0.39 is 0 Å². The molecule has 0 amide bonds. The number of pyridine rings is 2. The van der Waals surface area contributed by atoms with Gasteiger partial charge in [-0.3, -0.25) is 9.97 Å². The van der Waals surface area contributed by atoms with Crippen LogP contribution in [0.5, 0.6) is 0 Å². The molecule has 2 atom stereocenters. The predicted octanol–water partition coefficient (Wildman–Crippen LogP) is 2.21. The van der Waals surface area contributed by atoms with E-state index in [-0.39, 0.29) is 6.04 Å². The fourth-order valence-electron chi connectivity index (χ4n) is 2.61. The van der Waals surface area contributed by atoms with Crippen molar-refractivity contribution < 1.29 is 0 Å². The third kappa shape index (κ3) is 1.83. The molecule has 2 heterocycles. The minimum Gasteiger partial charge on any atom is -0.323 e. The Hall–Kier alpha value is -1.74. The van der Waals surface area contributed by atoms with Crippen molar-refractivity contribution in [3.8, 4) is 0 Å². The summed E-state index contributed by atoms with van der Waals surface area (Å²) in [5.74, 6) is 0.341. The third-order valence-electron chi connectivity index (χ3n) is 3.53. The van der Waals surface area contributed by atoms with E-state index in [1.807, 2.05) is 24.4 Å². The SMILES string of the molecule is NC(c1ccncc1)C1CCc2cccnc21. The number of fused-ring (bicyclic) bond motifs is 1. The van der Waals surface area contributed by atoms with E-state index in [1.54, 1.807) is 12.4 Å². The fraction of sp³-hybridized carbons (Fsp3) is 0.286. The van der Waals surface area contributed by atoms with Crippen LogP contribution in [0.2, 0.25) is 0 Å². The molecule has 0 bridgehead atoms. The van der Waals surface area contributed by atoms with Crippen LogP contribution in [-0.4, -0.2) is 9.97 Å². The lowest BCUT2D eigenvalue weighted by Gasteiger charge is -2.19. The van der Waals surface area contributed by atoms with Crippen LogP contribution in [0, 0.1) is 0 Å². The molecular weight excluding hydrogens is 210 g/mol. The molecule has 2 N–H and O–H groups in total. The minimum atomic E-state index is 0.0224. The number of rotatable bonds is 2. The van der Waals surface area contributed by atoms with Gasteiger partial charge in [-0.05, 0) is 42.2 Å². The molecule has 0 saturated heterocycles. The summed E-state index contributed by atoms with van der Waals surface area (Å²) < 4.78 is 0. The monoisotopic (exact) mass is 225 g/mol. The van der Waals surface area contributed by atoms with E-state index in [2.05, 4.69) is 16.0 Å². The Morgan fingerprint density at radius 1 is 1.18 bits per heavy atom. The Kier molecular flexibility index (Phi) is 2.61. The van der Waals surface area contributed by atoms with Gasteiger partial charge in [0.1, 0.15) is 0 Å². The van der Waals surface area contributed by atoms with Crippen LogP contribution in [0.3, 0.4) is 0 Å². The smallest absolute Gasteiger partial charge is 0.0485 e. The maximum atomic E-state index is 6.35. The molecular formula is C14H15N3. The highest BCUT2D eigenvalue weighted by Gasteiger charge is 2.29. The lowest BCUT2D eigenvalue weighted by atomic mass is 9.92. The highest BCUT2D eigenvalue weighted by atomic mass is 14.8. The van der Waals surface area contributed by atoms with E-state index in [9.17, 15) is 0 Å². The van der Waals surface area contributed by atoms with Crippen molar-refractivity contribution in [1.29, 1.82) is 0 Å². The van der Waals surface area contributed by atoms with Crippen LogP contribution in [0.4, 0.5) is 0 Å². The van der Waals surface area contributed by atoms with Crippen molar-refractivity contribution in [1.82, 2.24) is 9.97 Å². The van der Waals surface area contributed by atoms with Gasteiger partial charge in [0.2, 0.25) is 0 Å². The molecule has 1 aliphatic rings. The predicted molar refractivity (Wildman–Crippen MR) is 66.5 cm³/mol. The molecule has 0 radical (unpaired) electrons. The zero-order valence-corrected chi connectivity index (χ0v) is 9.58.